The number of nitrogens with two attached hydrogens (primary N) is 1. The van der Waals surface area contributed by atoms with Crippen LogP contribution in [0, 0.1) is 0 Å². The molecule has 1 aliphatic heterocycles. The molecule has 0 amide bonds. The Morgan fingerprint density at radius 2 is 1.94 bits per heavy atom. The van der Waals surface area contributed by atoms with Crippen LogP contribution in [0.2, 0.25) is 0 Å². The van der Waals surface area contributed by atoms with E-state index in [0.29, 0.717) is 34.7 Å². The van der Waals surface area contributed by atoms with Crippen LogP contribution in [0.4, 0.5) is 0 Å². The Morgan fingerprint density at radius 1 is 1.29 bits per heavy atom. The van der Waals surface area contributed by atoms with Crippen molar-refractivity contribution < 1.29 is 14.3 Å². The molecule has 17 heavy (non-hydrogen) atoms. The second-order valence-corrected chi connectivity index (χ2v) is 5.30. The van der Waals surface area contributed by atoms with Gasteiger partial charge in [0.25, 0.3) is 0 Å². The van der Waals surface area contributed by atoms with Gasteiger partial charge >= 0.3 is 0 Å². The van der Waals surface area contributed by atoms with Crippen LogP contribution >= 0.6 is 15.9 Å². The van der Waals surface area contributed by atoms with E-state index in [1.807, 2.05) is 6.07 Å². The number of ether oxygens (including phenoxy) is 2. The summed E-state index contributed by atoms with van der Waals surface area (Å²) in [5.74, 6) is 1.16. The van der Waals surface area contributed by atoms with Crippen LogP contribution in [-0.2, 0) is 5.54 Å². The van der Waals surface area contributed by atoms with Gasteiger partial charge in [-0.15, -0.1) is 0 Å². The molecule has 0 saturated heterocycles. The van der Waals surface area contributed by atoms with Gasteiger partial charge in [0.15, 0.2) is 17.8 Å². The van der Waals surface area contributed by atoms with Crippen molar-refractivity contribution in [1.82, 2.24) is 0 Å². The highest BCUT2D eigenvalue weighted by atomic mass is 79.9. The van der Waals surface area contributed by atoms with Crippen molar-refractivity contribution in [1.29, 1.82) is 0 Å². The third-order valence-corrected chi connectivity index (χ3v) is 3.90. The van der Waals surface area contributed by atoms with Crippen molar-refractivity contribution in [2.75, 3.05) is 13.2 Å². The zero-order chi connectivity index (χ0) is 12.0. The van der Waals surface area contributed by atoms with Crippen molar-refractivity contribution in [2.24, 2.45) is 5.73 Å². The Bertz CT molecular complexity index is 497. The Morgan fingerprint density at radius 3 is 2.53 bits per heavy atom. The van der Waals surface area contributed by atoms with E-state index in [4.69, 9.17) is 15.2 Å². The molecule has 0 unspecified atom stereocenters. The Kier molecular flexibility index (Phi) is 2.41. The minimum absolute atomic E-state index is 0.311. The van der Waals surface area contributed by atoms with E-state index in [2.05, 4.69) is 15.9 Å². The first-order valence-electron chi connectivity index (χ1n) is 5.52. The number of carbonyl (C=O) groups excluding carboxylic acids is 1. The summed E-state index contributed by atoms with van der Waals surface area (Å²) in [5, 5.41) is 0. The van der Waals surface area contributed by atoms with E-state index in [-0.39, 0.29) is 5.54 Å². The average Bonchev–Trinajstić information content (AvgIpc) is 3.07. The third-order valence-electron chi connectivity index (χ3n) is 3.24. The lowest BCUT2D eigenvalue weighted by Gasteiger charge is -2.25. The van der Waals surface area contributed by atoms with E-state index in [1.54, 1.807) is 0 Å². The van der Waals surface area contributed by atoms with Gasteiger partial charge in [0, 0.05) is 15.6 Å². The number of hydrogen-bond acceptors (Lipinski definition) is 4. The molecular formula is C12H12BrNO3. The standard InChI is InChI=1S/C12H12BrNO3/c13-9-5-8(12(14)1-2-12)11-10(7(9)6-15)16-3-4-17-11/h5-6H,1-4,14H2. The number of fused-ring (bicyclic) bond motifs is 1. The highest BCUT2D eigenvalue weighted by Crippen LogP contribution is 2.52. The third kappa shape index (κ3) is 1.65. The van der Waals surface area contributed by atoms with Crippen LogP contribution in [0.5, 0.6) is 11.5 Å². The molecule has 0 bridgehead atoms. The van der Waals surface area contributed by atoms with Gasteiger partial charge in [-0.05, 0) is 34.8 Å². The number of rotatable bonds is 2. The molecule has 4 nitrogen and oxygen atoms in total. The zero-order valence-electron chi connectivity index (χ0n) is 9.16. The molecule has 1 aromatic rings. The molecule has 1 saturated carbocycles. The second kappa shape index (κ2) is 3.71. The Balaban J connectivity index is 2.23. The highest BCUT2D eigenvalue weighted by molar-refractivity contribution is 9.10. The smallest absolute Gasteiger partial charge is 0.173 e. The molecule has 2 aliphatic rings. The van der Waals surface area contributed by atoms with Crippen molar-refractivity contribution in [3.05, 3.63) is 21.7 Å². The van der Waals surface area contributed by atoms with Crippen LogP contribution < -0.4 is 15.2 Å². The molecule has 1 heterocycles. The molecule has 0 radical (unpaired) electrons. The maximum Gasteiger partial charge on any atom is 0.173 e. The summed E-state index contributed by atoms with van der Waals surface area (Å²) in [6, 6.07) is 1.88. The Hall–Kier alpha value is -1.07. The minimum Gasteiger partial charge on any atom is -0.486 e. The van der Waals surface area contributed by atoms with Gasteiger partial charge in [-0.25, -0.2) is 0 Å². The van der Waals surface area contributed by atoms with Gasteiger partial charge < -0.3 is 15.2 Å². The molecule has 0 spiro atoms. The van der Waals surface area contributed by atoms with Crippen molar-refractivity contribution in [3.8, 4) is 11.5 Å². The summed E-state index contributed by atoms with van der Waals surface area (Å²) in [7, 11) is 0. The number of aldehydes is 1. The van der Waals surface area contributed by atoms with Gasteiger partial charge in [-0.1, -0.05) is 0 Å². The molecule has 2 N–H and O–H groups in total. The fraction of sp³-hybridized carbons (Fsp3) is 0.417. The monoisotopic (exact) mass is 297 g/mol. The number of hydrogen-bond donors (Lipinski definition) is 1. The summed E-state index contributed by atoms with van der Waals surface area (Å²) < 4.78 is 11.9. The molecule has 1 aromatic carbocycles. The van der Waals surface area contributed by atoms with E-state index in [9.17, 15) is 4.79 Å². The fourth-order valence-corrected chi connectivity index (χ4v) is 2.58. The van der Waals surface area contributed by atoms with Crippen molar-refractivity contribution in [3.63, 3.8) is 0 Å². The number of halogens is 1. The molecule has 3 rings (SSSR count). The molecular weight excluding hydrogens is 286 g/mol. The lowest BCUT2D eigenvalue weighted by molar-refractivity contribution is 0.111. The maximum absolute atomic E-state index is 11.1. The summed E-state index contributed by atoms with van der Waals surface area (Å²) in [6.45, 7) is 0.956. The largest absolute Gasteiger partial charge is 0.486 e. The van der Waals surface area contributed by atoms with Crippen LogP contribution in [-0.4, -0.2) is 19.5 Å². The van der Waals surface area contributed by atoms with Gasteiger partial charge in [0.1, 0.15) is 13.2 Å². The lowest BCUT2D eigenvalue weighted by atomic mass is 10.0. The van der Waals surface area contributed by atoms with Crippen LogP contribution in [0.15, 0.2) is 10.5 Å². The van der Waals surface area contributed by atoms with Gasteiger partial charge in [-0.3, -0.25) is 4.79 Å². The number of carbonyl (C=O) groups is 1. The quantitative estimate of drug-likeness (QED) is 0.848. The van der Waals surface area contributed by atoms with E-state index in [0.717, 1.165) is 24.7 Å². The Labute approximate surface area is 107 Å². The minimum atomic E-state index is -0.311. The van der Waals surface area contributed by atoms with E-state index < -0.39 is 0 Å². The normalized spacial score (nSPS) is 19.9. The average molecular weight is 298 g/mol. The SMILES string of the molecule is NC1(c2cc(Br)c(C=O)c3c2OCCO3)CC1. The summed E-state index contributed by atoms with van der Waals surface area (Å²) in [4.78, 5) is 11.1. The molecule has 90 valence electrons. The predicted octanol–water partition coefficient (Wildman–Crippen LogP) is 1.98. The van der Waals surface area contributed by atoms with Gasteiger partial charge in [-0.2, -0.15) is 0 Å². The number of benzene rings is 1. The van der Waals surface area contributed by atoms with Crippen LogP contribution in [0.1, 0.15) is 28.8 Å². The van der Waals surface area contributed by atoms with E-state index in [1.165, 1.54) is 0 Å². The van der Waals surface area contributed by atoms with Crippen molar-refractivity contribution >= 4 is 22.2 Å². The lowest BCUT2D eigenvalue weighted by Crippen LogP contribution is -2.24. The molecule has 0 aromatic heterocycles. The summed E-state index contributed by atoms with van der Waals surface area (Å²) in [5.41, 5.74) is 7.32. The second-order valence-electron chi connectivity index (χ2n) is 4.45. The van der Waals surface area contributed by atoms with E-state index >= 15 is 0 Å². The molecule has 5 heteroatoms. The first kappa shape index (κ1) is 11.0. The molecule has 1 fully saturated rings. The van der Waals surface area contributed by atoms with Crippen LogP contribution in [0.25, 0.3) is 0 Å². The fourth-order valence-electron chi connectivity index (χ4n) is 2.08. The van der Waals surface area contributed by atoms with Crippen LogP contribution in [0.3, 0.4) is 0 Å². The summed E-state index contributed by atoms with van der Waals surface area (Å²) in [6.07, 6.45) is 2.66. The first-order chi connectivity index (χ1) is 8.15. The zero-order valence-corrected chi connectivity index (χ0v) is 10.7. The topological polar surface area (TPSA) is 61.6 Å². The predicted molar refractivity (Wildman–Crippen MR) is 65.6 cm³/mol. The maximum atomic E-state index is 11.1. The van der Waals surface area contributed by atoms with Gasteiger partial charge in [0.05, 0.1) is 5.56 Å². The van der Waals surface area contributed by atoms with Crippen molar-refractivity contribution in [2.45, 2.75) is 18.4 Å². The molecule has 1 aliphatic carbocycles. The van der Waals surface area contributed by atoms with Gasteiger partial charge in [0.2, 0.25) is 0 Å². The summed E-state index contributed by atoms with van der Waals surface area (Å²) >= 11 is 3.38. The highest BCUT2D eigenvalue weighted by Gasteiger charge is 2.44. The molecule has 0 atom stereocenters. The first-order valence-corrected chi connectivity index (χ1v) is 6.32.